The zero-order valence-corrected chi connectivity index (χ0v) is 14.9. The second-order valence-corrected chi connectivity index (χ2v) is 6.51. The van der Waals surface area contributed by atoms with Crippen molar-refractivity contribution in [2.24, 2.45) is 0 Å². The van der Waals surface area contributed by atoms with Gasteiger partial charge in [0, 0.05) is 0 Å². The van der Waals surface area contributed by atoms with Crippen LogP contribution in [0.1, 0.15) is 12.0 Å². The van der Waals surface area contributed by atoms with Crippen molar-refractivity contribution in [3.8, 4) is 0 Å². The van der Waals surface area contributed by atoms with Crippen LogP contribution in [0.25, 0.3) is 0 Å². The monoisotopic (exact) mass is 358 g/mol. The van der Waals surface area contributed by atoms with E-state index in [4.69, 9.17) is 5.73 Å². The summed E-state index contributed by atoms with van der Waals surface area (Å²) in [7, 11) is 0. The fourth-order valence-corrected chi connectivity index (χ4v) is 2.71. The van der Waals surface area contributed by atoms with Gasteiger partial charge in [-0.2, -0.15) is 11.8 Å². The zero-order valence-electron chi connectivity index (χ0n) is 14.1. The number of hydrogen-bond donors (Lipinski definition) is 3. The molecule has 0 aliphatic heterocycles. The number of rotatable bonds is 8. The minimum Gasteiger partial charge on any atom is -0.384 e. The van der Waals surface area contributed by atoms with Gasteiger partial charge in [-0.15, -0.1) is 0 Å². The largest absolute Gasteiger partial charge is 0.384 e. The number of carbonyl (C=O) groups excluding carboxylic acids is 2. The maximum atomic E-state index is 12.5. The molecule has 7 heteroatoms. The summed E-state index contributed by atoms with van der Waals surface area (Å²) >= 11 is 1.63. The van der Waals surface area contributed by atoms with E-state index in [1.807, 2.05) is 36.6 Å². The van der Waals surface area contributed by atoms with Gasteiger partial charge < -0.3 is 16.4 Å². The Labute approximate surface area is 151 Å². The zero-order chi connectivity index (χ0) is 18.1. The average molecular weight is 358 g/mol. The van der Waals surface area contributed by atoms with E-state index in [1.165, 1.54) is 6.20 Å². The molecule has 0 aliphatic rings. The van der Waals surface area contributed by atoms with Crippen LogP contribution in [-0.4, -0.2) is 34.8 Å². The third kappa shape index (κ3) is 6.46. The third-order valence-electron chi connectivity index (χ3n) is 3.52. The van der Waals surface area contributed by atoms with Crippen LogP contribution in [0.2, 0.25) is 0 Å². The summed E-state index contributed by atoms with van der Waals surface area (Å²) in [5, 5.41) is 5.59. The number of nitrogens with zero attached hydrogens (tertiary/aromatic N) is 1. The van der Waals surface area contributed by atoms with Crippen molar-refractivity contribution >= 4 is 35.1 Å². The molecule has 0 spiro atoms. The number of nitrogens with two attached hydrogens (primary N) is 1. The van der Waals surface area contributed by atoms with Crippen LogP contribution >= 0.6 is 11.8 Å². The van der Waals surface area contributed by atoms with Crippen molar-refractivity contribution in [1.82, 2.24) is 10.3 Å². The van der Waals surface area contributed by atoms with Crippen molar-refractivity contribution in [1.29, 1.82) is 0 Å². The molecular weight excluding hydrogens is 336 g/mol. The van der Waals surface area contributed by atoms with Gasteiger partial charge >= 0.3 is 0 Å². The predicted octanol–water partition coefficient (Wildman–Crippen LogP) is 2.08. The van der Waals surface area contributed by atoms with E-state index in [0.717, 1.165) is 11.3 Å². The first-order valence-corrected chi connectivity index (χ1v) is 9.32. The summed E-state index contributed by atoms with van der Waals surface area (Å²) in [6.45, 7) is 0. The van der Waals surface area contributed by atoms with E-state index in [2.05, 4.69) is 15.6 Å². The average Bonchev–Trinajstić information content (AvgIpc) is 2.61. The maximum absolute atomic E-state index is 12.5. The van der Waals surface area contributed by atoms with Crippen LogP contribution < -0.4 is 16.4 Å². The number of carbonyl (C=O) groups is 2. The second-order valence-electron chi connectivity index (χ2n) is 5.52. The van der Waals surface area contributed by atoms with E-state index in [1.54, 1.807) is 23.9 Å². The van der Waals surface area contributed by atoms with Crippen LogP contribution in [0.3, 0.4) is 0 Å². The molecule has 1 unspecified atom stereocenters. The Morgan fingerprint density at radius 2 is 1.96 bits per heavy atom. The first kappa shape index (κ1) is 18.8. The molecule has 2 amide bonds. The lowest BCUT2D eigenvalue weighted by molar-refractivity contribution is -0.126. The number of pyridine rings is 1. The predicted molar refractivity (Wildman–Crippen MR) is 102 cm³/mol. The van der Waals surface area contributed by atoms with E-state index in [0.29, 0.717) is 17.9 Å². The molecule has 0 radical (unpaired) electrons. The Bertz CT molecular complexity index is 692. The molecule has 2 aromatic rings. The Kier molecular flexibility index (Phi) is 7.28. The molecule has 1 atom stereocenters. The number of aromatic nitrogens is 1. The van der Waals surface area contributed by atoms with Gasteiger partial charge in [-0.25, -0.2) is 4.98 Å². The number of benzene rings is 1. The Morgan fingerprint density at radius 3 is 2.60 bits per heavy atom. The number of hydrogen-bond acceptors (Lipinski definition) is 5. The minimum absolute atomic E-state index is 0.178. The topological polar surface area (TPSA) is 97.1 Å². The van der Waals surface area contributed by atoms with E-state index in [9.17, 15) is 9.59 Å². The molecule has 1 aromatic heterocycles. The highest BCUT2D eigenvalue weighted by Crippen LogP contribution is 2.10. The van der Waals surface area contributed by atoms with E-state index in [-0.39, 0.29) is 18.2 Å². The highest BCUT2D eigenvalue weighted by Gasteiger charge is 2.20. The molecule has 0 fully saturated rings. The number of thioether (sulfide) groups is 1. The summed E-state index contributed by atoms with van der Waals surface area (Å²) in [4.78, 5) is 28.7. The fourth-order valence-electron chi connectivity index (χ4n) is 2.24. The van der Waals surface area contributed by atoms with Gasteiger partial charge in [0.25, 0.3) is 0 Å². The third-order valence-corrected chi connectivity index (χ3v) is 4.17. The van der Waals surface area contributed by atoms with Gasteiger partial charge in [-0.3, -0.25) is 9.59 Å². The molecule has 132 valence electrons. The summed E-state index contributed by atoms with van der Waals surface area (Å²) in [5.41, 5.74) is 6.99. The van der Waals surface area contributed by atoms with Crippen molar-refractivity contribution in [2.45, 2.75) is 18.9 Å². The van der Waals surface area contributed by atoms with Gasteiger partial charge in [0.1, 0.15) is 11.9 Å². The van der Waals surface area contributed by atoms with Crippen molar-refractivity contribution in [2.75, 3.05) is 23.1 Å². The number of amides is 2. The van der Waals surface area contributed by atoms with Gasteiger partial charge in [-0.1, -0.05) is 30.3 Å². The number of nitrogen functional groups attached to an aromatic ring is 1. The lowest BCUT2D eigenvalue weighted by atomic mass is 10.1. The molecular formula is C18H22N4O2S. The summed E-state index contributed by atoms with van der Waals surface area (Å²) < 4.78 is 0. The fraction of sp³-hybridized carbons (Fsp3) is 0.278. The van der Waals surface area contributed by atoms with Crippen molar-refractivity contribution in [3.63, 3.8) is 0 Å². The lowest BCUT2D eigenvalue weighted by Crippen LogP contribution is -2.44. The summed E-state index contributed by atoms with van der Waals surface area (Å²) in [6.07, 6.45) is 4.25. The van der Waals surface area contributed by atoms with Gasteiger partial charge in [0.2, 0.25) is 11.8 Å². The highest BCUT2D eigenvalue weighted by molar-refractivity contribution is 7.98. The molecule has 0 aliphatic carbocycles. The van der Waals surface area contributed by atoms with Crippen LogP contribution in [0.15, 0.2) is 48.7 Å². The van der Waals surface area contributed by atoms with E-state index < -0.39 is 6.04 Å². The summed E-state index contributed by atoms with van der Waals surface area (Å²) in [5.74, 6) is 0.710. The highest BCUT2D eigenvalue weighted by atomic mass is 32.2. The molecule has 1 aromatic carbocycles. The quantitative estimate of drug-likeness (QED) is 0.671. The Hall–Kier alpha value is -2.54. The second kappa shape index (κ2) is 9.68. The SMILES string of the molecule is CSCCC(NC(=O)Cc1ccccc1)C(=O)Nc1ccc(N)nc1. The first-order valence-electron chi connectivity index (χ1n) is 7.93. The Morgan fingerprint density at radius 1 is 1.20 bits per heavy atom. The number of anilines is 2. The first-order chi connectivity index (χ1) is 12.1. The van der Waals surface area contributed by atoms with E-state index >= 15 is 0 Å². The van der Waals surface area contributed by atoms with Crippen LogP contribution in [0.5, 0.6) is 0 Å². The van der Waals surface area contributed by atoms with Crippen LogP contribution in [0.4, 0.5) is 11.5 Å². The van der Waals surface area contributed by atoms with Crippen molar-refractivity contribution in [3.05, 3.63) is 54.2 Å². The van der Waals surface area contributed by atoms with Gasteiger partial charge in [-0.05, 0) is 36.1 Å². The molecule has 4 N–H and O–H groups in total. The molecule has 6 nitrogen and oxygen atoms in total. The maximum Gasteiger partial charge on any atom is 0.247 e. The minimum atomic E-state index is -0.596. The van der Waals surface area contributed by atoms with Gasteiger partial charge in [0.05, 0.1) is 18.3 Å². The van der Waals surface area contributed by atoms with Crippen LogP contribution in [-0.2, 0) is 16.0 Å². The molecule has 0 saturated heterocycles. The molecule has 25 heavy (non-hydrogen) atoms. The summed E-state index contributed by atoms with van der Waals surface area (Å²) in [6, 6.07) is 12.1. The van der Waals surface area contributed by atoms with Crippen LogP contribution in [0, 0.1) is 0 Å². The lowest BCUT2D eigenvalue weighted by Gasteiger charge is -2.18. The molecule has 0 saturated carbocycles. The van der Waals surface area contributed by atoms with Crippen molar-refractivity contribution < 1.29 is 9.59 Å². The normalized spacial score (nSPS) is 11.6. The van der Waals surface area contributed by atoms with Gasteiger partial charge in [0.15, 0.2) is 0 Å². The molecule has 0 bridgehead atoms. The smallest absolute Gasteiger partial charge is 0.247 e. The molecule has 2 rings (SSSR count). The standard InChI is InChI=1S/C18H22N4O2S/c1-25-10-9-15(18(24)21-14-7-8-16(19)20-12-14)22-17(23)11-13-5-3-2-4-6-13/h2-8,12,15H,9-11H2,1H3,(H2,19,20)(H,21,24)(H,22,23). The number of nitrogens with one attached hydrogen (secondary N) is 2. The molecule has 1 heterocycles. The Balaban J connectivity index is 1.97.